The monoisotopic (exact) mass is 1350 g/mol. The number of rotatable bonds is 72. The van der Waals surface area contributed by atoms with Gasteiger partial charge in [-0.05, 0) is 37.5 Å². The summed E-state index contributed by atoms with van der Waals surface area (Å²) < 4.78 is 68.3. The number of phosphoric ester groups is 2. The molecule has 0 radical (unpaired) electrons. The normalized spacial score (nSPS) is 14.4. The van der Waals surface area contributed by atoms with Gasteiger partial charge in [0.25, 0.3) is 0 Å². The van der Waals surface area contributed by atoms with E-state index in [0.717, 1.165) is 102 Å². The molecule has 0 saturated heterocycles. The number of ether oxygens (including phenoxy) is 4. The molecule has 0 aromatic heterocycles. The van der Waals surface area contributed by atoms with E-state index >= 15 is 0 Å². The Hall–Kier alpha value is -1.94. The van der Waals surface area contributed by atoms with Crippen molar-refractivity contribution in [3.05, 3.63) is 0 Å². The second kappa shape index (κ2) is 65.0. The summed E-state index contributed by atoms with van der Waals surface area (Å²) in [5.74, 6) is -0.725. The molecule has 0 heterocycles. The summed E-state index contributed by atoms with van der Waals surface area (Å²) in [6.07, 6.45) is 51.6. The number of carbonyl (C=O) groups is 4. The molecule has 0 aromatic rings. The van der Waals surface area contributed by atoms with Gasteiger partial charge < -0.3 is 33.8 Å². The molecule has 0 fully saturated rings. The van der Waals surface area contributed by atoms with E-state index in [4.69, 9.17) is 37.0 Å². The second-order valence-corrected chi connectivity index (χ2v) is 30.0. The van der Waals surface area contributed by atoms with Gasteiger partial charge in [0.2, 0.25) is 0 Å². The van der Waals surface area contributed by atoms with Gasteiger partial charge in [0, 0.05) is 25.7 Å². The molecule has 17 nitrogen and oxygen atoms in total. The molecular weight excluding hydrogens is 1210 g/mol. The summed E-state index contributed by atoms with van der Waals surface area (Å²) in [5.41, 5.74) is 0. The van der Waals surface area contributed by atoms with Crippen LogP contribution >= 0.6 is 15.6 Å². The van der Waals surface area contributed by atoms with Crippen molar-refractivity contribution in [1.29, 1.82) is 0 Å². The molecule has 0 aliphatic carbocycles. The Morgan fingerprint density at radius 1 is 0.315 bits per heavy atom. The fraction of sp³-hybridized carbons (Fsp3) is 0.945. The molecule has 0 amide bonds. The summed E-state index contributed by atoms with van der Waals surface area (Å²) >= 11 is 0. The first-order valence-corrected chi connectivity index (χ1v) is 41.0. The van der Waals surface area contributed by atoms with Crippen LogP contribution in [0.5, 0.6) is 0 Å². The maximum absolute atomic E-state index is 13.1. The predicted octanol–water partition coefficient (Wildman–Crippen LogP) is 21.2. The van der Waals surface area contributed by atoms with E-state index < -0.39 is 97.5 Å². The standard InChI is InChI=1S/C73H142O17P2/c1-7-10-12-14-16-18-20-22-24-25-26-28-30-32-34-36-45-51-57-72(77)89-68(61-83-70(75)55-49-43-35-33-31-29-27-23-21-19-17-15-13-11-8-2)63-87-91(79,80)85-59-67(74)60-86-92(81,82)88-64-69(62-84-71(76)56-50-44-39-37-41-47-53-65(4)5)90-73(78)58-52-46-40-38-42-48-54-66(6)9-3/h65-69,74H,7-64H2,1-6H3,(H,79,80)(H,81,82)/t66?,67-,68-,69-/m1/s1. The van der Waals surface area contributed by atoms with Crippen LogP contribution < -0.4 is 0 Å². The van der Waals surface area contributed by atoms with Gasteiger partial charge in [-0.25, -0.2) is 9.13 Å². The van der Waals surface area contributed by atoms with Crippen molar-refractivity contribution in [2.45, 2.75) is 394 Å². The minimum atomic E-state index is -4.95. The molecule has 0 spiro atoms. The molecule has 6 atom stereocenters. The number of aliphatic hydroxyl groups excluding tert-OH is 1. The molecule has 92 heavy (non-hydrogen) atoms. The smallest absolute Gasteiger partial charge is 0.462 e. The number of unbranched alkanes of at least 4 members (excludes halogenated alkanes) is 41. The van der Waals surface area contributed by atoms with Crippen molar-refractivity contribution in [2.75, 3.05) is 39.6 Å². The molecule has 3 unspecified atom stereocenters. The summed E-state index contributed by atoms with van der Waals surface area (Å²) in [6, 6.07) is 0. The predicted molar refractivity (Wildman–Crippen MR) is 372 cm³/mol. The van der Waals surface area contributed by atoms with E-state index in [2.05, 4.69) is 41.5 Å². The minimum Gasteiger partial charge on any atom is -0.462 e. The maximum atomic E-state index is 13.1. The van der Waals surface area contributed by atoms with Crippen LogP contribution in [0, 0.1) is 11.8 Å². The zero-order valence-corrected chi connectivity index (χ0v) is 61.6. The SMILES string of the molecule is CCCCCCCCCCCCCCCCCCCCC(=O)O[C@H](COC(=O)CCCCCCCCCCCCCCCCC)COP(=O)(O)OC[C@@H](O)COP(=O)(O)OC[C@@H](COC(=O)CCCCCCCCC(C)C)OC(=O)CCCCCCCCC(C)CC. The average Bonchev–Trinajstić information content (AvgIpc) is 3.74. The Labute approximate surface area is 562 Å². The van der Waals surface area contributed by atoms with E-state index in [1.54, 1.807) is 0 Å². The van der Waals surface area contributed by atoms with Gasteiger partial charge in [0.1, 0.15) is 19.3 Å². The molecule has 19 heteroatoms. The van der Waals surface area contributed by atoms with Crippen molar-refractivity contribution in [3.8, 4) is 0 Å². The number of aliphatic hydroxyl groups is 1. The third-order valence-corrected chi connectivity index (χ3v) is 19.2. The third-order valence-electron chi connectivity index (χ3n) is 17.3. The number of carbonyl (C=O) groups excluding carboxylic acids is 4. The van der Waals surface area contributed by atoms with Crippen LogP contribution in [-0.4, -0.2) is 96.7 Å². The Kier molecular flexibility index (Phi) is 63.7. The van der Waals surface area contributed by atoms with Crippen LogP contribution in [-0.2, 0) is 65.4 Å². The van der Waals surface area contributed by atoms with Crippen LogP contribution in [0.15, 0.2) is 0 Å². The van der Waals surface area contributed by atoms with Crippen molar-refractivity contribution in [1.82, 2.24) is 0 Å². The van der Waals surface area contributed by atoms with E-state index in [1.165, 1.54) is 186 Å². The van der Waals surface area contributed by atoms with Crippen LogP contribution in [0.2, 0.25) is 0 Å². The van der Waals surface area contributed by atoms with E-state index in [1.807, 2.05) is 0 Å². The van der Waals surface area contributed by atoms with Crippen LogP contribution in [0.25, 0.3) is 0 Å². The first-order chi connectivity index (χ1) is 44.4. The summed E-state index contributed by atoms with van der Waals surface area (Å²) in [4.78, 5) is 72.6. The zero-order valence-electron chi connectivity index (χ0n) is 59.9. The Balaban J connectivity index is 5.22. The van der Waals surface area contributed by atoms with Crippen LogP contribution in [0.1, 0.15) is 375 Å². The molecule has 0 saturated carbocycles. The topological polar surface area (TPSA) is 237 Å². The second-order valence-electron chi connectivity index (χ2n) is 27.1. The van der Waals surface area contributed by atoms with Gasteiger partial charge in [-0.3, -0.25) is 37.3 Å². The van der Waals surface area contributed by atoms with Crippen molar-refractivity contribution in [2.24, 2.45) is 11.8 Å². The van der Waals surface area contributed by atoms with E-state index in [-0.39, 0.29) is 25.7 Å². The molecule has 0 rings (SSSR count). The molecule has 546 valence electrons. The third kappa shape index (κ3) is 65.4. The number of hydrogen-bond acceptors (Lipinski definition) is 15. The van der Waals surface area contributed by atoms with Crippen molar-refractivity contribution in [3.63, 3.8) is 0 Å². The maximum Gasteiger partial charge on any atom is 0.472 e. The van der Waals surface area contributed by atoms with Gasteiger partial charge in [0.15, 0.2) is 12.2 Å². The van der Waals surface area contributed by atoms with Gasteiger partial charge in [-0.15, -0.1) is 0 Å². The highest BCUT2D eigenvalue weighted by atomic mass is 31.2. The highest BCUT2D eigenvalue weighted by Crippen LogP contribution is 2.45. The van der Waals surface area contributed by atoms with Crippen LogP contribution in [0.4, 0.5) is 0 Å². The lowest BCUT2D eigenvalue weighted by atomic mass is 10.00. The molecule has 0 bridgehead atoms. The van der Waals surface area contributed by atoms with Gasteiger partial charge in [-0.2, -0.15) is 0 Å². The Morgan fingerprint density at radius 3 is 0.826 bits per heavy atom. The molecular formula is C73H142O17P2. The lowest BCUT2D eigenvalue weighted by Gasteiger charge is -2.21. The highest BCUT2D eigenvalue weighted by Gasteiger charge is 2.30. The lowest BCUT2D eigenvalue weighted by Crippen LogP contribution is -2.30. The highest BCUT2D eigenvalue weighted by molar-refractivity contribution is 7.47. The average molecular weight is 1350 g/mol. The van der Waals surface area contributed by atoms with Crippen molar-refractivity contribution < 1.29 is 80.2 Å². The fourth-order valence-corrected chi connectivity index (χ4v) is 12.7. The molecule has 0 aromatic carbocycles. The lowest BCUT2D eigenvalue weighted by molar-refractivity contribution is -0.161. The zero-order chi connectivity index (χ0) is 67.9. The van der Waals surface area contributed by atoms with Crippen molar-refractivity contribution >= 4 is 39.5 Å². The van der Waals surface area contributed by atoms with E-state index in [9.17, 15) is 43.2 Å². The summed E-state index contributed by atoms with van der Waals surface area (Å²) in [7, 11) is -9.90. The van der Waals surface area contributed by atoms with Crippen LogP contribution in [0.3, 0.4) is 0 Å². The first-order valence-electron chi connectivity index (χ1n) is 38.0. The Bertz CT molecular complexity index is 1790. The van der Waals surface area contributed by atoms with E-state index in [0.29, 0.717) is 31.6 Å². The largest absolute Gasteiger partial charge is 0.472 e. The number of esters is 4. The van der Waals surface area contributed by atoms with Gasteiger partial charge in [0.05, 0.1) is 26.4 Å². The quantitative estimate of drug-likeness (QED) is 0.0222. The fourth-order valence-electron chi connectivity index (χ4n) is 11.1. The van der Waals surface area contributed by atoms with Gasteiger partial charge in [-0.1, -0.05) is 324 Å². The molecule has 3 N–H and O–H groups in total. The number of hydrogen-bond donors (Lipinski definition) is 3. The molecule has 0 aliphatic heterocycles. The van der Waals surface area contributed by atoms with Gasteiger partial charge >= 0.3 is 39.5 Å². The Morgan fingerprint density at radius 2 is 0.554 bits per heavy atom. The first kappa shape index (κ1) is 90.1. The number of phosphoric acid groups is 2. The minimum absolute atomic E-state index is 0.102. The molecule has 0 aliphatic rings. The summed E-state index contributed by atoms with van der Waals surface area (Å²) in [5, 5.41) is 10.6. The summed E-state index contributed by atoms with van der Waals surface area (Å²) in [6.45, 7) is 9.44.